The highest BCUT2D eigenvalue weighted by Gasteiger charge is 2.15. The van der Waals surface area contributed by atoms with Crippen LogP contribution in [0.15, 0.2) is 24.3 Å². The first-order valence-electron chi connectivity index (χ1n) is 7.04. The van der Waals surface area contributed by atoms with Gasteiger partial charge in [-0.1, -0.05) is 29.8 Å². The number of likely N-dealkylation sites (N-methyl/N-ethyl adjacent to an activating group) is 2. The Morgan fingerprint density at radius 2 is 1.55 bits per heavy atom. The number of hydrogen-bond acceptors (Lipinski definition) is 3. The summed E-state index contributed by atoms with van der Waals surface area (Å²) < 4.78 is 0. The summed E-state index contributed by atoms with van der Waals surface area (Å²) in [5.41, 5.74) is 1.82. The average molecular weight is 276 g/mol. The maximum Gasteiger partial charge on any atom is 0.236 e. The molecule has 0 spiro atoms. The van der Waals surface area contributed by atoms with Crippen LogP contribution >= 0.6 is 0 Å². The third-order valence-corrected chi connectivity index (χ3v) is 3.31. The van der Waals surface area contributed by atoms with Gasteiger partial charge in [-0.25, -0.2) is 0 Å². The normalized spacial score (nSPS) is 10.7. The molecule has 0 heterocycles. The summed E-state index contributed by atoms with van der Waals surface area (Å²) in [6.45, 7) is 7.85. The van der Waals surface area contributed by atoms with Gasteiger partial charge in [-0.3, -0.25) is 14.5 Å². The van der Waals surface area contributed by atoms with Crippen molar-refractivity contribution in [2.75, 3.05) is 33.2 Å². The van der Waals surface area contributed by atoms with E-state index in [4.69, 9.17) is 0 Å². The molecule has 0 aliphatic rings. The number of aryl methyl sites for hydroxylation is 1. The highest BCUT2D eigenvalue weighted by Crippen LogP contribution is 2.05. The molecule has 1 amide bonds. The van der Waals surface area contributed by atoms with Crippen molar-refractivity contribution in [2.45, 2.75) is 20.8 Å². The van der Waals surface area contributed by atoms with Gasteiger partial charge < -0.3 is 4.90 Å². The smallest absolute Gasteiger partial charge is 0.236 e. The zero-order chi connectivity index (χ0) is 15.1. The molecule has 20 heavy (non-hydrogen) atoms. The Morgan fingerprint density at radius 1 is 1.00 bits per heavy atom. The number of carbonyl (C=O) groups is 2. The number of benzene rings is 1. The van der Waals surface area contributed by atoms with Crippen LogP contribution in [-0.4, -0.2) is 54.7 Å². The monoisotopic (exact) mass is 276 g/mol. The lowest BCUT2D eigenvalue weighted by molar-refractivity contribution is -0.131. The first-order valence-corrected chi connectivity index (χ1v) is 7.04. The predicted molar refractivity (Wildman–Crippen MR) is 80.9 cm³/mol. The molecular weight excluding hydrogens is 252 g/mol. The molecule has 0 saturated heterocycles. The van der Waals surface area contributed by atoms with Crippen LogP contribution in [0, 0.1) is 6.92 Å². The Kier molecular flexibility index (Phi) is 6.39. The first kappa shape index (κ1) is 16.4. The van der Waals surface area contributed by atoms with Crippen molar-refractivity contribution in [1.82, 2.24) is 9.80 Å². The zero-order valence-electron chi connectivity index (χ0n) is 12.8. The van der Waals surface area contributed by atoms with Crippen molar-refractivity contribution < 1.29 is 9.59 Å². The van der Waals surface area contributed by atoms with E-state index >= 15 is 0 Å². The fourth-order valence-corrected chi connectivity index (χ4v) is 2.04. The molecule has 0 atom stereocenters. The lowest BCUT2D eigenvalue weighted by Crippen LogP contribution is -2.40. The maximum absolute atomic E-state index is 12.1. The second kappa shape index (κ2) is 7.80. The molecule has 0 bridgehead atoms. The Balaban J connectivity index is 2.53. The van der Waals surface area contributed by atoms with Crippen LogP contribution in [0.25, 0.3) is 0 Å². The van der Waals surface area contributed by atoms with E-state index in [9.17, 15) is 9.59 Å². The van der Waals surface area contributed by atoms with Gasteiger partial charge in [0.2, 0.25) is 5.91 Å². The van der Waals surface area contributed by atoms with Crippen LogP contribution in [-0.2, 0) is 4.79 Å². The number of rotatable bonds is 7. The van der Waals surface area contributed by atoms with Crippen molar-refractivity contribution in [1.29, 1.82) is 0 Å². The summed E-state index contributed by atoms with van der Waals surface area (Å²) in [5, 5.41) is 0. The van der Waals surface area contributed by atoms with Gasteiger partial charge in [-0.2, -0.15) is 0 Å². The van der Waals surface area contributed by atoms with E-state index in [-0.39, 0.29) is 24.8 Å². The Labute approximate surface area is 121 Å². The molecule has 1 aromatic rings. The van der Waals surface area contributed by atoms with Gasteiger partial charge in [-0.15, -0.1) is 0 Å². The number of amides is 1. The van der Waals surface area contributed by atoms with Crippen LogP contribution in [0.2, 0.25) is 0 Å². The predicted octanol–water partition coefficient (Wildman–Crippen LogP) is 1.98. The van der Waals surface area contributed by atoms with Crippen LogP contribution < -0.4 is 0 Å². The SMILES string of the molecule is CCN(CC)C(=O)CN(C)CC(=O)c1ccc(C)cc1. The quantitative estimate of drug-likeness (QED) is 0.715. The minimum atomic E-state index is 0.0415. The highest BCUT2D eigenvalue weighted by atomic mass is 16.2. The number of hydrogen-bond donors (Lipinski definition) is 0. The second-order valence-corrected chi connectivity index (χ2v) is 5.03. The van der Waals surface area contributed by atoms with Crippen molar-refractivity contribution in [3.63, 3.8) is 0 Å². The van der Waals surface area contributed by atoms with Crippen molar-refractivity contribution in [3.8, 4) is 0 Å². The molecule has 4 heteroatoms. The Morgan fingerprint density at radius 3 is 2.05 bits per heavy atom. The van der Waals surface area contributed by atoms with E-state index in [2.05, 4.69) is 0 Å². The Hall–Kier alpha value is -1.68. The second-order valence-electron chi connectivity index (χ2n) is 5.03. The number of carbonyl (C=O) groups excluding carboxylic acids is 2. The van der Waals surface area contributed by atoms with Crippen molar-refractivity contribution >= 4 is 11.7 Å². The molecular formula is C16H24N2O2. The van der Waals surface area contributed by atoms with Crippen LogP contribution in [0.4, 0.5) is 0 Å². The first-order chi connectivity index (χ1) is 9.47. The molecule has 0 radical (unpaired) electrons. The van der Waals surface area contributed by atoms with Crippen molar-refractivity contribution in [3.05, 3.63) is 35.4 Å². The molecule has 1 aromatic carbocycles. The molecule has 0 aromatic heterocycles. The molecule has 4 nitrogen and oxygen atoms in total. The fraction of sp³-hybridized carbons (Fsp3) is 0.500. The number of nitrogens with zero attached hydrogens (tertiary/aromatic N) is 2. The molecule has 1 rings (SSSR count). The largest absolute Gasteiger partial charge is 0.342 e. The third-order valence-electron chi connectivity index (χ3n) is 3.31. The summed E-state index contributed by atoms with van der Waals surface area (Å²) in [6, 6.07) is 7.51. The molecule has 0 N–H and O–H groups in total. The van der Waals surface area contributed by atoms with Gasteiger partial charge in [0.15, 0.2) is 5.78 Å². The van der Waals surface area contributed by atoms with E-state index < -0.39 is 0 Å². The van der Waals surface area contributed by atoms with E-state index in [1.807, 2.05) is 45.0 Å². The number of Topliss-reactive ketones (excluding diaryl/α,β-unsaturated/α-hetero) is 1. The fourth-order valence-electron chi connectivity index (χ4n) is 2.04. The standard InChI is InChI=1S/C16H24N2O2/c1-5-18(6-2)16(20)12-17(4)11-15(19)14-9-7-13(3)8-10-14/h7-10H,5-6,11-12H2,1-4H3. The summed E-state index contributed by atoms with van der Waals surface area (Å²) in [6.07, 6.45) is 0. The van der Waals surface area contributed by atoms with Gasteiger partial charge in [0.05, 0.1) is 13.1 Å². The molecule has 0 saturated carbocycles. The van der Waals surface area contributed by atoms with Gasteiger partial charge in [0, 0.05) is 18.7 Å². The molecule has 0 unspecified atom stereocenters. The minimum absolute atomic E-state index is 0.0415. The third kappa shape index (κ3) is 4.78. The number of ketones is 1. The lowest BCUT2D eigenvalue weighted by Gasteiger charge is -2.22. The summed E-state index contributed by atoms with van der Waals surface area (Å²) in [5.74, 6) is 0.106. The molecule has 110 valence electrons. The van der Waals surface area contributed by atoms with Crippen LogP contribution in [0.1, 0.15) is 29.8 Å². The van der Waals surface area contributed by atoms with Gasteiger partial charge >= 0.3 is 0 Å². The van der Waals surface area contributed by atoms with E-state index in [0.29, 0.717) is 18.7 Å². The zero-order valence-corrected chi connectivity index (χ0v) is 12.8. The van der Waals surface area contributed by atoms with E-state index in [0.717, 1.165) is 5.56 Å². The molecule has 0 fully saturated rings. The molecule has 0 aliphatic carbocycles. The topological polar surface area (TPSA) is 40.6 Å². The van der Waals surface area contributed by atoms with Crippen LogP contribution in [0.3, 0.4) is 0 Å². The summed E-state index contributed by atoms with van der Waals surface area (Å²) >= 11 is 0. The molecule has 0 aliphatic heterocycles. The van der Waals surface area contributed by atoms with E-state index in [1.54, 1.807) is 16.8 Å². The van der Waals surface area contributed by atoms with Gasteiger partial charge in [-0.05, 0) is 27.8 Å². The lowest BCUT2D eigenvalue weighted by atomic mass is 10.1. The summed E-state index contributed by atoms with van der Waals surface area (Å²) in [7, 11) is 1.80. The van der Waals surface area contributed by atoms with E-state index in [1.165, 1.54) is 0 Å². The van der Waals surface area contributed by atoms with Gasteiger partial charge in [0.25, 0.3) is 0 Å². The average Bonchev–Trinajstić information content (AvgIpc) is 2.40. The van der Waals surface area contributed by atoms with Crippen LogP contribution in [0.5, 0.6) is 0 Å². The minimum Gasteiger partial charge on any atom is -0.342 e. The highest BCUT2D eigenvalue weighted by molar-refractivity contribution is 5.97. The Bertz CT molecular complexity index is 450. The summed E-state index contributed by atoms with van der Waals surface area (Å²) in [4.78, 5) is 27.6. The maximum atomic E-state index is 12.1. The van der Waals surface area contributed by atoms with Crippen molar-refractivity contribution in [2.24, 2.45) is 0 Å². The van der Waals surface area contributed by atoms with Gasteiger partial charge in [0.1, 0.15) is 0 Å².